The second-order valence-electron chi connectivity index (χ2n) is 4.61. The largest absolute Gasteiger partial charge is 0.478 e. The van der Waals surface area contributed by atoms with Crippen LogP contribution in [0.15, 0.2) is 53.9 Å². The molecule has 0 amide bonds. The van der Waals surface area contributed by atoms with Crippen molar-refractivity contribution in [1.29, 1.82) is 5.26 Å². The highest BCUT2D eigenvalue weighted by Crippen LogP contribution is 2.29. The lowest BCUT2D eigenvalue weighted by Crippen LogP contribution is -1.95. The molecule has 5 heteroatoms. The van der Waals surface area contributed by atoms with E-state index >= 15 is 0 Å². The third kappa shape index (κ3) is 2.73. The molecular weight excluding hydrogens is 296 g/mol. The predicted molar refractivity (Wildman–Crippen MR) is 84.7 cm³/mol. The van der Waals surface area contributed by atoms with Crippen molar-refractivity contribution in [3.63, 3.8) is 0 Å². The molecule has 0 fully saturated rings. The van der Waals surface area contributed by atoms with E-state index in [9.17, 15) is 4.79 Å². The summed E-state index contributed by atoms with van der Waals surface area (Å²) in [6.45, 7) is 0. The molecule has 3 rings (SSSR count). The van der Waals surface area contributed by atoms with Crippen LogP contribution in [0, 0.1) is 11.3 Å². The maximum absolute atomic E-state index is 11.0. The number of aromatic nitrogens is 1. The van der Waals surface area contributed by atoms with Crippen molar-refractivity contribution < 1.29 is 9.90 Å². The zero-order chi connectivity index (χ0) is 15.5. The molecule has 4 nitrogen and oxygen atoms in total. The minimum absolute atomic E-state index is 0.243. The zero-order valence-corrected chi connectivity index (χ0v) is 12.2. The minimum Gasteiger partial charge on any atom is -0.478 e. The Hall–Kier alpha value is -2.97. The predicted octanol–water partition coefficient (Wildman–Crippen LogP) is 4.05. The molecule has 0 bridgehead atoms. The first-order valence-electron chi connectivity index (χ1n) is 6.47. The van der Waals surface area contributed by atoms with E-state index < -0.39 is 5.97 Å². The quantitative estimate of drug-likeness (QED) is 0.792. The van der Waals surface area contributed by atoms with Gasteiger partial charge in [0, 0.05) is 16.5 Å². The second-order valence-corrected chi connectivity index (χ2v) is 5.47. The van der Waals surface area contributed by atoms with Gasteiger partial charge in [-0.2, -0.15) is 5.26 Å². The average molecular weight is 306 g/mol. The third-order valence-electron chi connectivity index (χ3n) is 3.17. The van der Waals surface area contributed by atoms with Gasteiger partial charge in [0.05, 0.1) is 22.9 Å². The Morgan fingerprint density at radius 1 is 1.14 bits per heavy atom. The standard InChI is InChI=1S/C17H10N2O2S/c18-9-11-4-6-12(7-5-11)15-10-22-16(19-15)13-2-1-3-14(8-13)17(20)21/h1-8,10H,(H,20,21). The summed E-state index contributed by atoms with van der Waals surface area (Å²) >= 11 is 1.46. The number of thiazole rings is 1. The van der Waals surface area contributed by atoms with Crippen molar-refractivity contribution in [2.75, 3.05) is 0 Å². The molecule has 0 aliphatic heterocycles. The Kier molecular flexibility index (Phi) is 3.69. The van der Waals surface area contributed by atoms with Gasteiger partial charge in [-0.1, -0.05) is 24.3 Å². The molecule has 0 aliphatic carbocycles. The molecule has 106 valence electrons. The van der Waals surface area contributed by atoms with Crippen LogP contribution in [0.3, 0.4) is 0 Å². The third-order valence-corrected chi connectivity index (χ3v) is 4.06. The first kappa shape index (κ1) is 14.0. The number of aromatic carboxylic acids is 1. The van der Waals surface area contributed by atoms with Gasteiger partial charge in [-0.3, -0.25) is 0 Å². The van der Waals surface area contributed by atoms with Crippen LogP contribution in [0.4, 0.5) is 0 Å². The molecule has 2 aromatic carbocycles. The maximum atomic E-state index is 11.0. The molecule has 0 radical (unpaired) electrons. The lowest BCUT2D eigenvalue weighted by molar-refractivity contribution is 0.0697. The molecule has 3 aromatic rings. The molecule has 1 N–H and O–H groups in total. The summed E-state index contributed by atoms with van der Waals surface area (Å²) in [6, 6.07) is 16.0. The van der Waals surface area contributed by atoms with Gasteiger partial charge in [0.1, 0.15) is 5.01 Å². The number of benzene rings is 2. The summed E-state index contributed by atoms with van der Waals surface area (Å²) < 4.78 is 0. The summed E-state index contributed by atoms with van der Waals surface area (Å²) in [5.41, 5.74) is 3.37. The van der Waals surface area contributed by atoms with E-state index in [2.05, 4.69) is 11.1 Å². The van der Waals surface area contributed by atoms with E-state index in [-0.39, 0.29) is 5.56 Å². The second kappa shape index (κ2) is 5.80. The van der Waals surface area contributed by atoms with Gasteiger partial charge in [0.15, 0.2) is 0 Å². The van der Waals surface area contributed by atoms with Crippen LogP contribution in [-0.4, -0.2) is 16.1 Å². The Bertz CT molecular complexity index is 876. The maximum Gasteiger partial charge on any atom is 0.335 e. The molecule has 0 spiro atoms. The van der Waals surface area contributed by atoms with Gasteiger partial charge in [0.2, 0.25) is 0 Å². The monoisotopic (exact) mass is 306 g/mol. The highest BCUT2D eigenvalue weighted by molar-refractivity contribution is 7.13. The van der Waals surface area contributed by atoms with E-state index in [1.807, 2.05) is 23.6 Å². The number of nitrogens with zero attached hydrogens (tertiary/aromatic N) is 2. The van der Waals surface area contributed by atoms with Crippen LogP contribution >= 0.6 is 11.3 Å². The Labute approximate surface area is 130 Å². The fourth-order valence-electron chi connectivity index (χ4n) is 2.04. The number of hydrogen-bond donors (Lipinski definition) is 1. The summed E-state index contributed by atoms with van der Waals surface area (Å²) in [6.07, 6.45) is 0. The van der Waals surface area contributed by atoms with E-state index in [0.29, 0.717) is 5.56 Å². The molecule has 22 heavy (non-hydrogen) atoms. The minimum atomic E-state index is -0.953. The summed E-state index contributed by atoms with van der Waals surface area (Å²) in [5, 5.41) is 20.5. The molecule has 0 unspecified atom stereocenters. The normalized spacial score (nSPS) is 10.1. The van der Waals surface area contributed by atoms with Crippen molar-refractivity contribution in [2.45, 2.75) is 0 Å². The fraction of sp³-hybridized carbons (Fsp3) is 0. The van der Waals surface area contributed by atoms with Gasteiger partial charge >= 0.3 is 5.97 Å². The van der Waals surface area contributed by atoms with Crippen LogP contribution in [0.5, 0.6) is 0 Å². The summed E-state index contributed by atoms with van der Waals surface area (Å²) in [4.78, 5) is 15.6. The molecule has 0 saturated carbocycles. The van der Waals surface area contributed by atoms with E-state index in [0.717, 1.165) is 21.8 Å². The number of carboxylic acids is 1. The van der Waals surface area contributed by atoms with Gasteiger partial charge in [-0.05, 0) is 24.3 Å². The number of carboxylic acid groups (broad SMARTS) is 1. The van der Waals surface area contributed by atoms with Crippen molar-refractivity contribution in [3.05, 3.63) is 65.0 Å². The molecule has 1 aromatic heterocycles. The molecule has 0 saturated heterocycles. The topological polar surface area (TPSA) is 74.0 Å². The van der Waals surface area contributed by atoms with Crippen LogP contribution in [0.2, 0.25) is 0 Å². The molecular formula is C17H10N2O2S. The zero-order valence-electron chi connectivity index (χ0n) is 11.4. The van der Waals surface area contributed by atoms with Gasteiger partial charge in [0.25, 0.3) is 0 Å². The van der Waals surface area contributed by atoms with Crippen molar-refractivity contribution in [3.8, 4) is 27.9 Å². The van der Waals surface area contributed by atoms with E-state index in [4.69, 9.17) is 10.4 Å². The Morgan fingerprint density at radius 2 is 1.91 bits per heavy atom. The van der Waals surface area contributed by atoms with Crippen LogP contribution in [0.25, 0.3) is 21.8 Å². The number of rotatable bonds is 3. The van der Waals surface area contributed by atoms with Gasteiger partial charge < -0.3 is 5.11 Å². The lowest BCUT2D eigenvalue weighted by atomic mass is 10.1. The Morgan fingerprint density at radius 3 is 2.59 bits per heavy atom. The molecule has 0 aliphatic rings. The fourth-order valence-corrected chi connectivity index (χ4v) is 2.87. The summed E-state index contributed by atoms with van der Waals surface area (Å²) in [7, 11) is 0. The van der Waals surface area contributed by atoms with E-state index in [1.165, 1.54) is 11.3 Å². The highest BCUT2D eigenvalue weighted by atomic mass is 32.1. The SMILES string of the molecule is N#Cc1ccc(-c2csc(-c3cccc(C(=O)O)c3)n2)cc1. The number of nitriles is 1. The Balaban J connectivity index is 1.95. The molecule has 0 atom stereocenters. The van der Waals surface area contributed by atoms with Crippen LogP contribution < -0.4 is 0 Å². The molecule has 1 heterocycles. The smallest absolute Gasteiger partial charge is 0.335 e. The lowest BCUT2D eigenvalue weighted by Gasteiger charge is -1.99. The highest BCUT2D eigenvalue weighted by Gasteiger charge is 2.09. The first-order chi connectivity index (χ1) is 10.7. The van der Waals surface area contributed by atoms with E-state index in [1.54, 1.807) is 30.3 Å². The van der Waals surface area contributed by atoms with Crippen molar-refractivity contribution in [1.82, 2.24) is 4.98 Å². The summed E-state index contributed by atoms with van der Waals surface area (Å²) in [5.74, 6) is -0.953. The number of carbonyl (C=O) groups is 1. The van der Waals surface area contributed by atoms with Gasteiger partial charge in [-0.25, -0.2) is 9.78 Å². The number of hydrogen-bond acceptors (Lipinski definition) is 4. The first-order valence-corrected chi connectivity index (χ1v) is 7.35. The van der Waals surface area contributed by atoms with Crippen LogP contribution in [0.1, 0.15) is 15.9 Å². The van der Waals surface area contributed by atoms with Crippen LogP contribution in [-0.2, 0) is 0 Å². The van der Waals surface area contributed by atoms with Gasteiger partial charge in [-0.15, -0.1) is 11.3 Å². The average Bonchev–Trinajstić information content (AvgIpc) is 3.05. The van der Waals surface area contributed by atoms with Crippen molar-refractivity contribution in [2.24, 2.45) is 0 Å². The van der Waals surface area contributed by atoms with Crippen molar-refractivity contribution >= 4 is 17.3 Å².